The summed E-state index contributed by atoms with van der Waals surface area (Å²) in [5.74, 6) is -0.770. The Morgan fingerprint density at radius 3 is 1.83 bits per heavy atom. The Bertz CT molecular complexity index is 826. The van der Waals surface area contributed by atoms with Crippen LogP contribution in [0.4, 0.5) is 16.2 Å². The number of benzene rings is 1. The number of hydrogen-bond acceptors (Lipinski definition) is 4. The standard InChI is InChI=1S/C21H27N5O4/c27-18-4-3-11-26(18)17-7-5-16(6-8-17)22-21(30)25-14-12-24(13-15-25)20(29)19(28)23-9-1-2-10-23/h5-8H,1-4,9-15H2,(H,22,30). The topological polar surface area (TPSA) is 93.3 Å². The molecule has 0 spiro atoms. The zero-order chi connectivity index (χ0) is 21.1. The highest BCUT2D eigenvalue weighted by atomic mass is 16.2. The van der Waals surface area contributed by atoms with Crippen molar-refractivity contribution in [3.8, 4) is 0 Å². The van der Waals surface area contributed by atoms with Crippen molar-refractivity contribution in [3.05, 3.63) is 24.3 Å². The van der Waals surface area contributed by atoms with Crippen LogP contribution in [-0.4, -0.2) is 84.3 Å². The van der Waals surface area contributed by atoms with Gasteiger partial charge in [0.05, 0.1) is 0 Å². The lowest BCUT2D eigenvalue weighted by Crippen LogP contribution is -2.54. The molecule has 0 bridgehead atoms. The number of nitrogens with zero attached hydrogens (tertiary/aromatic N) is 4. The molecule has 3 saturated heterocycles. The fourth-order valence-electron chi connectivity index (χ4n) is 4.15. The fourth-order valence-corrected chi connectivity index (χ4v) is 4.15. The summed E-state index contributed by atoms with van der Waals surface area (Å²) in [6.07, 6.45) is 3.34. The molecule has 0 aliphatic carbocycles. The van der Waals surface area contributed by atoms with Crippen LogP contribution in [0.15, 0.2) is 24.3 Å². The van der Waals surface area contributed by atoms with Crippen molar-refractivity contribution >= 4 is 35.1 Å². The van der Waals surface area contributed by atoms with E-state index in [1.807, 2.05) is 12.1 Å². The van der Waals surface area contributed by atoms with E-state index >= 15 is 0 Å². The molecule has 3 aliphatic rings. The number of anilines is 2. The fraction of sp³-hybridized carbons (Fsp3) is 0.524. The second kappa shape index (κ2) is 8.73. The van der Waals surface area contributed by atoms with E-state index in [4.69, 9.17) is 0 Å². The van der Waals surface area contributed by atoms with Gasteiger partial charge in [-0.3, -0.25) is 14.4 Å². The van der Waals surface area contributed by atoms with Gasteiger partial charge < -0.3 is 24.9 Å². The number of rotatable bonds is 2. The number of piperazine rings is 1. The molecule has 0 unspecified atom stereocenters. The second-order valence-electron chi connectivity index (χ2n) is 7.90. The molecule has 0 aromatic heterocycles. The predicted octanol–water partition coefficient (Wildman–Crippen LogP) is 1.11. The van der Waals surface area contributed by atoms with E-state index in [0.29, 0.717) is 51.4 Å². The van der Waals surface area contributed by atoms with Crippen LogP contribution in [-0.2, 0) is 14.4 Å². The number of hydrogen-bond donors (Lipinski definition) is 1. The lowest BCUT2D eigenvalue weighted by molar-refractivity contribution is -0.152. The number of carbonyl (C=O) groups excluding carboxylic acids is 4. The Labute approximate surface area is 175 Å². The minimum atomic E-state index is -0.469. The van der Waals surface area contributed by atoms with E-state index in [-0.39, 0.29) is 11.9 Å². The minimum absolute atomic E-state index is 0.127. The molecule has 3 aliphatic heterocycles. The Morgan fingerprint density at radius 2 is 1.27 bits per heavy atom. The SMILES string of the molecule is O=C(Nc1ccc(N2CCCC2=O)cc1)N1CCN(C(=O)C(=O)N2CCCC2)CC1. The predicted molar refractivity (Wildman–Crippen MR) is 111 cm³/mol. The lowest BCUT2D eigenvalue weighted by atomic mass is 10.2. The van der Waals surface area contributed by atoms with E-state index in [9.17, 15) is 19.2 Å². The van der Waals surface area contributed by atoms with E-state index in [0.717, 1.165) is 31.5 Å². The molecule has 3 heterocycles. The molecule has 30 heavy (non-hydrogen) atoms. The van der Waals surface area contributed by atoms with Gasteiger partial charge in [-0.25, -0.2) is 4.79 Å². The number of urea groups is 1. The minimum Gasteiger partial charge on any atom is -0.334 e. The first-order chi connectivity index (χ1) is 14.5. The number of likely N-dealkylation sites (tertiary alicyclic amines) is 1. The summed E-state index contributed by atoms with van der Waals surface area (Å²) in [4.78, 5) is 55.6. The van der Waals surface area contributed by atoms with Crippen LogP contribution in [0.5, 0.6) is 0 Å². The van der Waals surface area contributed by atoms with Crippen molar-refractivity contribution < 1.29 is 19.2 Å². The van der Waals surface area contributed by atoms with Gasteiger partial charge in [0.15, 0.2) is 0 Å². The maximum absolute atomic E-state index is 12.6. The van der Waals surface area contributed by atoms with Crippen LogP contribution in [0.3, 0.4) is 0 Å². The zero-order valence-corrected chi connectivity index (χ0v) is 17.0. The van der Waals surface area contributed by atoms with Crippen molar-refractivity contribution in [2.75, 3.05) is 56.0 Å². The van der Waals surface area contributed by atoms with Crippen molar-refractivity contribution in [3.63, 3.8) is 0 Å². The summed E-state index contributed by atoms with van der Waals surface area (Å²) in [6.45, 7) is 3.49. The molecule has 1 aromatic rings. The van der Waals surface area contributed by atoms with E-state index in [1.54, 1.807) is 26.8 Å². The van der Waals surface area contributed by atoms with E-state index in [1.165, 1.54) is 4.90 Å². The monoisotopic (exact) mass is 413 g/mol. The maximum Gasteiger partial charge on any atom is 0.321 e. The van der Waals surface area contributed by atoms with Crippen LogP contribution in [0.1, 0.15) is 25.7 Å². The highest BCUT2D eigenvalue weighted by molar-refractivity contribution is 6.35. The van der Waals surface area contributed by atoms with Gasteiger partial charge in [-0.05, 0) is 43.5 Å². The summed E-state index contributed by atoms with van der Waals surface area (Å²) in [7, 11) is 0. The van der Waals surface area contributed by atoms with E-state index in [2.05, 4.69) is 5.32 Å². The summed E-state index contributed by atoms with van der Waals surface area (Å²) in [6, 6.07) is 7.00. The molecule has 9 heteroatoms. The van der Waals surface area contributed by atoms with Crippen LogP contribution in [0, 0.1) is 0 Å². The number of nitrogens with one attached hydrogen (secondary N) is 1. The van der Waals surface area contributed by atoms with Crippen molar-refractivity contribution in [2.24, 2.45) is 0 Å². The largest absolute Gasteiger partial charge is 0.334 e. The molecule has 0 saturated carbocycles. The first-order valence-electron chi connectivity index (χ1n) is 10.6. The van der Waals surface area contributed by atoms with Gasteiger partial charge in [0, 0.05) is 63.6 Å². The lowest BCUT2D eigenvalue weighted by Gasteiger charge is -2.34. The van der Waals surface area contributed by atoms with Gasteiger partial charge in [0.2, 0.25) is 5.91 Å². The summed E-state index contributed by atoms with van der Waals surface area (Å²) in [5.41, 5.74) is 1.49. The van der Waals surface area contributed by atoms with Gasteiger partial charge in [0.25, 0.3) is 0 Å². The normalized spacial score (nSPS) is 19.4. The second-order valence-corrected chi connectivity index (χ2v) is 7.90. The number of amides is 5. The molecule has 1 N–H and O–H groups in total. The summed E-state index contributed by atoms with van der Waals surface area (Å²) < 4.78 is 0. The van der Waals surface area contributed by atoms with Crippen LogP contribution in [0.2, 0.25) is 0 Å². The third-order valence-electron chi connectivity index (χ3n) is 5.93. The van der Waals surface area contributed by atoms with Crippen LogP contribution >= 0.6 is 0 Å². The number of carbonyl (C=O) groups is 4. The highest BCUT2D eigenvalue weighted by Gasteiger charge is 2.31. The Kier molecular flexibility index (Phi) is 5.87. The van der Waals surface area contributed by atoms with Gasteiger partial charge in [-0.15, -0.1) is 0 Å². The Hall–Kier alpha value is -3.10. The van der Waals surface area contributed by atoms with Crippen LogP contribution in [0.25, 0.3) is 0 Å². The summed E-state index contributed by atoms with van der Waals surface area (Å²) in [5, 5.41) is 2.86. The van der Waals surface area contributed by atoms with Crippen molar-refractivity contribution in [2.45, 2.75) is 25.7 Å². The van der Waals surface area contributed by atoms with Gasteiger partial charge in [0.1, 0.15) is 0 Å². The van der Waals surface area contributed by atoms with E-state index < -0.39 is 11.8 Å². The molecule has 4 rings (SSSR count). The molecule has 1 aromatic carbocycles. The third-order valence-corrected chi connectivity index (χ3v) is 5.93. The Morgan fingerprint density at radius 1 is 0.700 bits per heavy atom. The smallest absolute Gasteiger partial charge is 0.321 e. The molecule has 0 atom stereocenters. The molecular formula is C21H27N5O4. The maximum atomic E-state index is 12.6. The zero-order valence-electron chi connectivity index (χ0n) is 17.0. The average Bonchev–Trinajstić information content (AvgIpc) is 3.45. The first-order valence-corrected chi connectivity index (χ1v) is 10.6. The molecule has 3 fully saturated rings. The molecule has 5 amide bonds. The van der Waals surface area contributed by atoms with Crippen LogP contribution < -0.4 is 10.2 Å². The molecular weight excluding hydrogens is 386 g/mol. The third kappa shape index (κ3) is 4.24. The molecule has 0 radical (unpaired) electrons. The van der Waals surface area contributed by atoms with Gasteiger partial charge >= 0.3 is 17.8 Å². The van der Waals surface area contributed by atoms with Crippen molar-refractivity contribution in [1.29, 1.82) is 0 Å². The quantitative estimate of drug-likeness (QED) is 0.735. The Balaban J connectivity index is 1.26. The molecule has 9 nitrogen and oxygen atoms in total. The van der Waals surface area contributed by atoms with Gasteiger partial charge in [-0.2, -0.15) is 0 Å². The first kappa shape index (κ1) is 20.2. The highest BCUT2D eigenvalue weighted by Crippen LogP contribution is 2.23. The average molecular weight is 413 g/mol. The van der Waals surface area contributed by atoms with Gasteiger partial charge in [-0.1, -0.05) is 0 Å². The summed E-state index contributed by atoms with van der Waals surface area (Å²) >= 11 is 0. The van der Waals surface area contributed by atoms with Crippen molar-refractivity contribution in [1.82, 2.24) is 14.7 Å². The molecule has 160 valence electrons.